The average molecular weight is 467 g/mol. The molecular formula is C24H39FN4O2S. The fraction of sp³-hybridized carbons (Fsp3) is 0.750. The fourth-order valence-corrected chi connectivity index (χ4v) is 5.86. The molecule has 2 N–H and O–H groups in total. The molecule has 0 aromatic carbocycles. The maximum atomic E-state index is 14.7. The summed E-state index contributed by atoms with van der Waals surface area (Å²) in [6.45, 7) is 9.28. The number of aromatic nitrogens is 1. The number of carbonyl (C=O) groups excluding carboxylic acids is 1. The van der Waals surface area contributed by atoms with Gasteiger partial charge in [0.15, 0.2) is 0 Å². The molecule has 2 aliphatic heterocycles. The minimum Gasteiger partial charge on any atom is -0.376 e. The lowest BCUT2D eigenvalue weighted by Crippen LogP contribution is -2.48. The van der Waals surface area contributed by atoms with Crippen molar-refractivity contribution in [1.82, 2.24) is 14.6 Å². The van der Waals surface area contributed by atoms with Crippen molar-refractivity contribution in [3.63, 3.8) is 0 Å². The van der Waals surface area contributed by atoms with Gasteiger partial charge in [-0.1, -0.05) is 18.9 Å². The summed E-state index contributed by atoms with van der Waals surface area (Å²) in [6, 6.07) is 0.355. The second-order valence-corrected chi connectivity index (χ2v) is 10.3. The van der Waals surface area contributed by atoms with Crippen LogP contribution in [0.4, 0.5) is 10.1 Å². The third kappa shape index (κ3) is 7.68. The Labute approximate surface area is 196 Å². The third-order valence-corrected chi connectivity index (χ3v) is 7.74. The van der Waals surface area contributed by atoms with Crippen LogP contribution in [0.15, 0.2) is 12.4 Å². The Morgan fingerprint density at radius 2 is 2.09 bits per heavy atom. The van der Waals surface area contributed by atoms with Crippen molar-refractivity contribution in [3.05, 3.63) is 23.8 Å². The normalized spacial score (nSPS) is 26.8. The maximum absolute atomic E-state index is 14.7. The molecule has 3 heterocycles. The van der Waals surface area contributed by atoms with E-state index in [0.717, 1.165) is 57.5 Å². The van der Waals surface area contributed by atoms with Crippen LogP contribution in [0.25, 0.3) is 0 Å². The van der Waals surface area contributed by atoms with E-state index >= 15 is 0 Å². The van der Waals surface area contributed by atoms with Gasteiger partial charge in [-0.25, -0.2) is 8.70 Å². The van der Waals surface area contributed by atoms with Gasteiger partial charge in [-0.05, 0) is 58.3 Å². The highest BCUT2D eigenvalue weighted by molar-refractivity contribution is 7.97. The number of hydrogen-bond acceptors (Lipinski definition) is 6. The van der Waals surface area contributed by atoms with E-state index in [9.17, 15) is 9.18 Å². The second kappa shape index (κ2) is 12.9. The minimum absolute atomic E-state index is 0.0649. The molecule has 1 unspecified atom stereocenters. The number of carbonyl (C=O) groups is 1. The lowest BCUT2D eigenvalue weighted by molar-refractivity contribution is -0.117. The first-order valence-electron chi connectivity index (χ1n) is 12.1. The summed E-state index contributed by atoms with van der Waals surface area (Å²) < 4.78 is 22.9. The molecule has 0 radical (unpaired) electrons. The highest BCUT2D eigenvalue weighted by Crippen LogP contribution is 2.29. The van der Waals surface area contributed by atoms with Gasteiger partial charge in [-0.2, -0.15) is 0 Å². The maximum Gasteiger partial charge on any atom is 0.224 e. The Kier molecular flexibility index (Phi) is 10.2. The molecule has 0 saturated carbocycles. The van der Waals surface area contributed by atoms with Crippen LogP contribution in [0.2, 0.25) is 0 Å². The Morgan fingerprint density at radius 1 is 1.31 bits per heavy atom. The third-order valence-electron chi connectivity index (χ3n) is 6.34. The molecule has 2 saturated heterocycles. The van der Waals surface area contributed by atoms with Crippen LogP contribution in [0.3, 0.4) is 0 Å². The molecule has 2 fully saturated rings. The quantitative estimate of drug-likeness (QED) is 0.498. The van der Waals surface area contributed by atoms with E-state index in [2.05, 4.69) is 40.7 Å². The zero-order valence-corrected chi connectivity index (χ0v) is 20.6. The second-order valence-electron chi connectivity index (χ2n) is 9.20. The number of ether oxygens (including phenoxy) is 1. The Morgan fingerprint density at radius 3 is 2.84 bits per heavy atom. The standard InChI is InChI=1S/C24H39FN4O2S/c1-4-11-32-29-10-9-26-14-20(29)6-7-21-22(25)15-27-16-23(21)28-24(30)8-5-19-12-17(2)31-18(3)13-19/h15-20,26H,4-14H2,1-3H3,(H,28,30)/t17-,18+,19?,20-/m0/s1. The summed E-state index contributed by atoms with van der Waals surface area (Å²) >= 11 is 1.89. The van der Waals surface area contributed by atoms with Crippen LogP contribution in [0, 0.1) is 11.7 Å². The molecule has 4 atom stereocenters. The van der Waals surface area contributed by atoms with Crippen molar-refractivity contribution in [2.45, 2.75) is 84.0 Å². The van der Waals surface area contributed by atoms with Gasteiger partial charge in [0.25, 0.3) is 0 Å². The Hall–Kier alpha value is -1.22. The van der Waals surface area contributed by atoms with Gasteiger partial charge in [0, 0.05) is 43.4 Å². The van der Waals surface area contributed by atoms with E-state index in [1.54, 1.807) is 6.20 Å². The minimum atomic E-state index is -0.341. The van der Waals surface area contributed by atoms with Crippen molar-refractivity contribution in [1.29, 1.82) is 0 Å². The number of nitrogens with one attached hydrogen (secondary N) is 2. The van der Waals surface area contributed by atoms with Crippen molar-refractivity contribution in [3.8, 4) is 0 Å². The van der Waals surface area contributed by atoms with Crippen LogP contribution >= 0.6 is 11.9 Å². The van der Waals surface area contributed by atoms with E-state index in [0.29, 0.717) is 36.1 Å². The van der Waals surface area contributed by atoms with E-state index in [1.165, 1.54) is 6.20 Å². The van der Waals surface area contributed by atoms with Gasteiger partial charge < -0.3 is 15.4 Å². The van der Waals surface area contributed by atoms with Crippen molar-refractivity contribution in [2.24, 2.45) is 5.92 Å². The fourth-order valence-electron chi connectivity index (χ4n) is 4.83. The summed E-state index contributed by atoms with van der Waals surface area (Å²) in [7, 11) is 0. The number of amides is 1. The molecule has 1 amide bonds. The molecule has 32 heavy (non-hydrogen) atoms. The summed E-state index contributed by atoms with van der Waals surface area (Å²) in [5.74, 6) is 1.19. The molecule has 0 aliphatic carbocycles. The highest BCUT2D eigenvalue weighted by Gasteiger charge is 2.26. The molecule has 1 aromatic rings. The van der Waals surface area contributed by atoms with Crippen molar-refractivity contribution in [2.75, 3.05) is 30.7 Å². The van der Waals surface area contributed by atoms with Crippen molar-refractivity contribution >= 4 is 23.5 Å². The lowest BCUT2D eigenvalue weighted by Gasteiger charge is -2.35. The molecule has 6 nitrogen and oxygen atoms in total. The monoisotopic (exact) mass is 466 g/mol. The predicted molar refractivity (Wildman–Crippen MR) is 129 cm³/mol. The molecule has 1 aromatic heterocycles. The number of piperazine rings is 1. The van der Waals surface area contributed by atoms with E-state index in [4.69, 9.17) is 4.74 Å². The smallest absolute Gasteiger partial charge is 0.224 e. The summed E-state index contributed by atoms with van der Waals surface area (Å²) in [4.78, 5) is 16.6. The number of pyridine rings is 1. The van der Waals surface area contributed by atoms with E-state index in [1.807, 2.05) is 11.9 Å². The molecular weight excluding hydrogens is 427 g/mol. The Balaban J connectivity index is 1.55. The summed E-state index contributed by atoms with van der Waals surface area (Å²) in [5.41, 5.74) is 1.08. The van der Waals surface area contributed by atoms with E-state index < -0.39 is 0 Å². The van der Waals surface area contributed by atoms with Crippen LogP contribution in [-0.2, 0) is 16.0 Å². The molecule has 2 aliphatic rings. The van der Waals surface area contributed by atoms with Gasteiger partial charge >= 0.3 is 0 Å². The van der Waals surface area contributed by atoms with Gasteiger partial charge in [-0.15, -0.1) is 0 Å². The molecule has 8 heteroatoms. The first-order chi connectivity index (χ1) is 15.5. The first kappa shape index (κ1) is 25.4. The first-order valence-corrected chi connectivity index (χ1v) is 13.1. The number of nitrogens with zero attached hydrogens (tertiary/aromatic N) is 2. The SMILES string of the molecule is CCCSN1CCNC[C@@H]1CCc1c(F)cncc1NC(=O)CCC1C[C@@H](C)O[C@@H](C)C1. The topological polar surface area (TPSA) is 66.5 Å². The highest BCUT2D eigenvalue weighted by atomic mass is 32.2. The van der Waals surface area contributed by atoms with Gasteiger partial charge in [0.2, 0.25) is 5.91 Å². The number of halogens is 1. The van der Waals surface area contributed by atoms with Crippen LogP contribution in [0.1, 0.15) is 64.9 Å². The van der Waals surface area contributed by atoms with E-state index in [-0.39, 0.29) is 23.9 Å². The van der Waals surface area contributed by atoms with Crippen LogP contribution in [0.5, 0.6) is 0 Å². The molecule has 0 spiro atoms. The van der Waals surface area contributed by atoms with Crippen LogP contribution in [-0.4, -0.2) is 58.8 Å². The number of rotatable bonds is 10. The lowest BCUT2D eigenvalue weighted by atomic mass is 9.88. The largest absolute Gasteiger partial charge is 0.376 e. The Bertz CT molecular complexity index is 728. The molecule has 3 rings (SSSR count). The number of anilines is 1. The zero-order valence-electron chi connectivity index (χ0n) is 19.7. The summed E-state index contributed by atoms with van der Waals surface area (Å²) in [6.07, 6.45) is 9.13. The van der Waals surface area contributed by atoms with Gasteiger partial charge in [0.1, 0.15) is 5.82 Å². The predicted octanol–water partition coefficient (Wildman–Crippen LogP) is 4.41. The molecule has 0 bridgehead atoms. The van der Waals surface area contributed by atoms with Crippen LogP contribution < -0.4 is 10.6 Å². The van der Waals surface area contributed by atoms with Gasteiger partial charge in [0.05, 0.1) is 30.3 Å². The average Bonchev–Trinajstić information content (AvgIpc) is 2.76. The number of hydrogen-bond donors (Lipinski definition) is 2. The molecule has 180 valence electrons. The van der Waals surface area contributed by atoms with Gasteiger partial charge in [-0.3, -0.25) is 9.78 Å². The zero-order chi connectivity index (χ0) is 22.9. The van der Waals surface area contributed by atoms with Crippen molar-refractivity contribution < 1.29 is 13.9 Å². The summed E-state index contributed by atoms with van der Waals surface area (Å²) in [5, 5.41) is 6.39.